The van der Waals surface area contributed by atoms with Crippen LogP contribution in [0.1, 0.15) is 22.3 Å². The maximum absolute atomic E-state index is 6.79. The summed E-state index contributed by atoms with van der Waals surface area (Å²) < 4.78 is 0. The monoisotopic (exact) mass is 159 g/mol. The highest BCUT2D eigenvalue weighted by atomic mass is 14.6. The van der Waals surface area contributed by atoms with Crippen LogP contribution < -0.4 is 0 Å². The van der Waals surface area contributed by atoms with Gasteiger partial charge in [0.15, 0.2) is 0 Å². The molecule has 0 N–H and O–H groups in total. The number of benzene rings is 1. The first kappa shape index (κ1) is 8.80. The molecule has 0 amide bonds. The van der Waals surface area contributed by atoms with Gasteiger partial charge >= 0.3 is 0 Å². The summed E-state index contributed by atoms with van der Waals surface area (Å²) in [4.78, 5) is 3.39. The molecular formula is C11H13N. The van der Waals surface area contributed by atoms with Crippen molar-refractivity contribution in [2.75, 3.05) is 0 Å². The molecule has 0 aliphatic rings. The van der Waals surface area contributed by atoms with Gasteiger partial charge in [0.2, 0.25) is 6.54 Å². The van der Waals surface area contributed by atoms with E-state index in [4.69, 9.17) is 6.57 Å². The Morgan fingerprint density at radius 2 is 1.67 bits per heavy atom. The molecule has 0 atom stereocenters. The lowest BCUT2D eigenvalue weighted by Gasteiger charge is -2.04. The number of nitrogens with zero attached hydrogens (tertiary/aromatic N) is 1. The molecule has 12 heavy (non-hydrogen) atoms. The Bertz CT molecular complexity index is 332. The van der Waals surface area contributed by atoms with Crippen LogP contribution in [0, 0.1) is 27.3 Å². The van der Waals surface area contributed by atoms with Crippen molar-refractivity contribution < 1.29 is 0 Å². The zero-order valence-electron chi connectivity index (χ0n) is 7.81. The maximum Gasteiger partial charge on any atom is 0.240 e. The zero-order chi connectivity index (χ0) is 9.14. The predicted octanol–water partition coefficient (Wildman–Crippen LogP) is 3.03. The van der Waals surface area contributed by atoms with E-state index >= 15 is 0 Å². The second kappa shape index (κ2) is 3.40. The first-order valence-electron chi connectivity index (χ1n) is 4.05. The Balaban J connectivity index is 3.16. The van der Waals surface area contributed by atoms with E-state index in [1.54, 1.807) is 0 Å². The van der Waals surface area contributed by atoms with Crippen molar-refractivity contribution in [3.05, 3.63) is 45.8 Å². The van der Waals surface area contributed by atoms with Gasteiger partial charge in [-0.25, -0.2) is 6.57 Å². The van der Waals surface area contributed by atoms with Gasteiger partial charge in [-0.1, -0.05) is 6.07 Å². The van der Waals surface area contributed by atoms with Gasteiger partial charge in [0.25, 0.3) is 0 Å². The molecule has 0 aromatic heterocycles. The van der Waals surface area contributed by atoms with E-state index < -0.39 is 0 Å². The van der Waals surface area contributed by atoms with E-state index in [1.165, 1.54) is 16.7 Å². The molecule has 0 saturated carbocycles. The van der Waals surface area contributed by atoms with Crippen molar-refractivity contribution in [1.29, 1.82) is 0 Å². The Hall–Kier alpha value is -1.29. The highest BCUT2D eigenvalue weighted by Crippen LogP contribution is 2.15. The van der Waals surface area contributed by atoms with Crippen LogP contribution in [0.2, 0.25) is 0 Å². The Morgan fingerprint density at radius 1 is 1.08 bits per heavy atom. The molecule has 0 unspecified atom stereocenters. The second-order valence-electron chi connectivity index (χ2n) is 3.18. The quantitative estimate of drug-likeness (QED) is 0.555. The molecule has 1 rings (SSSR count). The van der Waals surface area contributed by atoms with E-state index in [0.717, 1.165) is 5.56 Å². The van der Waals surface area contributed by atoms with E-state index in [1.807, 2.05) is 0 Å². The summed E-state index contributed by atoms with van der Waals surface area (Å²) in [6, 6.07) is 4.26. The number of hydrogen-bond acceptors (Lipinski definition) is 0. The highest BCUT2D eigenvalue weighted by Gasteiger charge is 2.02. The molecule has 1 aromatic rings. The fraction of sp³-hybridized carbons (Fsp3) is 0.364. The number of aryl methyl sites for hydroxylation is 3. The fourth-order valence-electron chi connectivity index (χ4n) is 1.28. The molecule has 0 aliphatic heterocycles. The average Bonchev–Trinajstić information content (AvgIpc) is 2.01. The van der Waals surface area contributed by atoms with Crippen LogP contribution >= 0.6 is 0 Å². The molecule has 0 radical (unpaired) electrons. The SMILES string of the molecule is [C-]#[N+]Cc1cc(C)c(C)cc1C. The van der Waals surface area contributed by atoms with Gasteiger partial charge < -0.3 is 4.85 Å². The normalized spacial score (nSPS) is 9.50. The molecule has 1 nitrogen and oxygen atoms in total. The van der Waals surface area contributed by atoms with Crippen molar-refractivity contribution in [1.82, 2.24) is 0 Å². The van der Waals surface area contributed by atoms with Crippen molar-refractivity contribution in [3.63, 3.8) is 0 Å². The largest absolute Gasteiger partial charge is 0.312 e. The molecule has 0 fully saturated rings. The van der Waals surface area contributed by atoms with Gasteiger partial charge in [-0.3, -0.25) is 0 Å². The lowest BCUT2D eigenvalue weighted by molar-refractivity contribution is 1.17. The molecule has 0 bridgehead atoms. The molecule has 0 saturated heterocycles. The predicted molar refractivity (Wildman–Crippen MR) is 51.0 cm³/mol. The maximum atomic E-state index is 6.79. The third kappa shape index (κ3) is 1.65. The minimum Gasteiger partial charge on any atom is -0.312 e. The van der Waals surface area contributed by atoms with Crippen molar-refractivity contribution >= 4 is 0 Å². The summed E-state index contributed by atoms with van der Waals surface area (Å²) in [6.07, 6.45) is 0. The minimum absolute atomic E-state index is 0.507. The van der Waals surface area contributed by atoms with E-state index in [-0.39, 0.29) is 0 Å². The third-order valence-electron chi connectivity index (χ3n) is 2.20. The van der Waals surface area contributed by atoms with Crippen LogP contribution in [0.3, 0.4) is 0 Å². The van der Waals surface area contributed by atoms with E-state index in [0.29, 0.717) is 6.54 Å². The average molecular weight is 159 g/mol. The summed E-state index contributed by atoms with van der Waals surface area (Å²) in [6.45, 7) is 13.5. The van der Waals surface area contributed by atoms with Gasteiger partial charge in [0.1, 0.15) is 0 Å². The fourth-order valence-corrected chi connectivity index (χ4v) is 1.28. The summed E-state index contributed by atoms with van der Waals surface area (Å²) >= 11 is 0. The Labute approximate surface area is 73.9 Å². The van der Waals surface area contributed by atoms with E-state index in [9.17, 15) is 0 Å². The van der Waals surface area contributed by atoms with Crippen LogP contribution in [-0.2, 0) is 6.54 Å². The lowest BCUT2D eigenvalue weighted by Crippen LogP contribution is -1.90. The topological polar surface area (TPSA) is 4.36 Å². The highest BCUT2D eigenvalue weighted by molar-refractivity contribution is 5.36. The van der Waals surface area contributed by atoms with Gasteiger partial charge in [-0.2, -0.15) is 0 Å². The Morgan fingerprint density at radius 3 is 2.25 bits per heavy atom. The molecule has 62 valence electrons. The van der Waals surface area contributed by atoms with Gasteiger partial charge in [-0.05, 0) is 43.5 Å². The zero-order valence-corrected chi connectivity index (χ0v) is 7.81. The Kier molecular flexibility index (Phi) is 2.50. The summed E-state index contributed by atoms with van der Waals surface area (Å²) in [5, 5.41) is 0. The third-order valence-corrected chi connectivity index (χ3v) is 2.20. The summed E-state index contributed by atoms with van der Waals surface area (Å²) in [7, 11) is 0. The smallest absolute Gasteiger partial charge is 0.240 e. The van der Waals surface area contributed by atoms with Crippen LogP contribution in [-0.4, -0.2) is 0 Å². The van der Waals surface area contributed by atoms with Crippen LogP contribution in [0.5, 0.6) is 0 Å². The lowest BCUT2D eigenvalue weighted by atomic mass is 10.0. The molecule has 1 aromatic carbocycles. The van der Waals surface area contributed by atoms with Crippen molar-refractivity contribution in [2.45, 2.75) is 27.3 Å². The minimum atomic E-state index is 0.507. The number of rotatable bonds is 1. The molecule has 0 aliphatic carbocycles. The van der Waals surface area contributed by atoms with Gasteiger partial charge in [-0.15, -0.1) is 0 Å². The van der Waals surface area contributed by atoms with Crippen molar-refractivity contribution in [2.24, 2.45) is 0 Å². The van der Waals surface area contributed by atoms with Crippen LogP contribution in [0.4, 0.5) is 0 Å². The molecule has 1 heteroatoms. The van der Waals surface area contributed by atoms with Gasteiger partial charge in [0, 0.05) is 5.56 Å². The van der Waals surface area contributed by atoms with Gasteiger partial charge in [0.05, 0.1) is 0 Å². The standard InChI is InChI=1S/C11H13N/c1-8-5-10(3)11(7-12-4)6-9(8)2/h5-6H,7H2,1-3H3. The first-order chi connectivity index (χ1) is 5.65. The number of hydrogen-bond donors (Lipinski definition) is 0. The van der Waals surface area contributed by atoms with Crippen molar-refractivity contribution in [3.8, 4) is 0 Å². The summed E-state index contributed by atoms with van der Waals surface area (Å²) in [5.74, 6) is 0. The second-order valence-corrected chi connectivity index (χ2v) is 3.18. The van der Waals surface area contributed by atoms with Crippen LogP contribution in [0.25, 0.3) is 4.85 Å². The van der Waals surface area contributed by atoms with Crippen LogP contribution in [0.15, 0.2) is 12.1 Å². The molecule has 0 spiro atoms. The van der Waals surface area contributed by atoms with E-state index in [2.05, 4.69) is 37.7 Å². The molecule has 0 heterocycles. The molecular weight excluding hydrogens is 146 g/mol. The summed E-state index contributed by atoms with van der Waals surface area (Å²) in [5.41, 5.74) is 4.97. The first-order valence-corrected chi connectivity index (χ1v) is 4.05.